The smallest absolute Gasteiger partial charge is 0.232 e. The highest BCUT2D eigenvalue weighted by molar-refractivity contribution is 5.38. The van der Waals surface area contributed by atoms with Crippen LogP contribution in [0.4, 0.5) is 5.95 Å². The van der Waals surface area contributed by atoms with E-state index in [0.717, 1.165) is 19.6 Å². The first-order valence-corrected chi connectivity index (χ1v) is 6.80. The van der Waals surface area contributed by atoms with E-state index in [1.165, 1.54) is 0 Å². The van der Waals surface area contributed by atoms with Gasteiger partial charge in [-0.3, -0.25) is 0 Å². The van der Waals surface area contributed by atoms with Gasteiger partial charge < -0.3 is 24.4 Å². The topological polar surface area (TPSA) is 68.7 Å². The zero-order valence-corrected chi connectivity index (χ0v) is 12.3. The Morgan fingerprint density at radius 1 is 1.35 bits per heavy atom. The van der Waals surface area contributed by atoms with Crippen LogP contribution >= 0.6 is 0 Å². The highest BCUT2D eigenvalue weighted by atomic mass is 16.5. The number of nitrogens with one attached hydrogen (secondary N) is 1. The van der Waals surface area contributed by atoms with Crippen molar-refractivity contribution in [2.75, 3.05) is 52.0 Å². The third-order valence-corrected chi connectivity index (χ3v) is 3.20. The van der Waals surface area contributed by atoms with Gasteiger partial charge >= 0.3 is 0 Å². The van der Waals surface area contributed by atoms with Crippen molar-refractivity contribution >= 4 is 5.95 Å². The molecule has 7 nitrogen and oxygen atoms in total. The van der Waals surface area contributed by atoms with E-state index in [-0.39, 0.29) is 6.04 Å². The second kappa shape index (κ2) is 7.25. The maximum Gasteiger partial charge on any atom is 0.232 e. The van der Waals surface area contributed by atoms with E-state index >= 15 is 0 Å². The lowest BCUT2D eigenvalue weighted by atomic mass is 10.2. The van der Waals surface area contributed by atoms with Crippen LogP contribution in [0, 0.1) is 0 Å². The van der Waals surface area contributed by atoms with Crippen LogP contribution in [0.5, 0.6) is 11.8 Å². The number of rotatable bonds is 6. The molecule has 112 valence electrons. The van der Waals surface area contributed by atoms with Crippen molar-refractivity contribution in [3.63, 3.8) is 0 Å². The van der Waals surface area contributed by atoms with Gasteiger partial charge in [0.15, 0.2) is 0 Å². The van der Waals surface area contributed by atoms with Crippen molar-refractivity contribution in [1.82, 2.24) is 15.3 Å². The summed E-state index contributed by atoms with van der Waals surface area (Å²) in [6.07, 6.45) is 0. The Morgan fingerprint density at radius 2 is 2.05 bits per heavy atom. The molecule has 1 aliphatic rings. The number of nitrogens with zero attached hydrogens (tertiary/aromatic N) is 3. The third kappa shape index (κ3) is 3.49. The Bertz CT molecular complexity index is 408. The minimum absolute atomic E-state index is 0.209. The summed E-state index contributed by atoms with van der Waals surface area (Å²) in [5.74, 6) is 1.62. The molecule has 1 aromatic heterocycles. The number of ether oxygens (including phenoxy) is 3. The first-order chi connectivity index (χ1) is 9.78. The molecule has 1 saturated heterocycles. The fraction of sp³-hybridized carbons (Fsp3) is 0.692. The lowest BCUT2D eigenvalue weighted by Gasteiger charge is -2.35. The third-order valence-electron chi connectivity index (χ3n) is 3.20. The van der Waals surface area contributed by atoms with Crippen LogP contribution < -0.4 is 19.7 Å². The molecule has 0 amide bonds. The van der Waals surface area contributed by atoms with E-state index in [2.05, 4.69) is 27.1 Å². The number of methoxy groups -OCH3 is 2. The average Bonchev–Trinajstić information content (AvgIpc) is 2.52. The quantitative estimate of drug-likeness (QED) is 0.805. The summed E-state index contributed by atoms with van der Waals surface area (Å²) in [4.78, 5) is 11.0. The predicted molar refractivity (Wildman–Crippen MR) is 75.6 cm³/mol. The zero-order valence-electron chi connectivity index (χ0n) is 12.3. The van der Waals surface area contributed by atoms with Gasteiger partial charge in [0, 0.05) is 13.1 Å². The van der Waals surface area contributed by atoms with Crippen LogP contribution in [0.15, 0.2) is 6.07 Å². The zero-order chi connectivity index (χ0) is 14.4. The molecule has 0 aliphatic carbocycles. The van der Waals surface area contributed by atoms with Crippen molar-refractivity contribution in [2.24, 2.45) is 0 Å². The van der Waals surface area contributed by atoms with E-state index in [1.54, 1.807) is 20.3 Å². The molecule has 0 aromatic carbocycles. The van der Waals surface area contributed by atoms with Crippen LogP contribution in [-0.4, -0.2) is 63.1 Å². The molecule has 1 N–H and O–H groups in total. The number of morpholine rings is 1. The number of anilines is 1. The molecule has 0 saturated carbocycles. The maximum atomic E-state index is 5.54. The molecule has 1 fully saturated rings. The molecule has 2 heterocycles. The highest BCUT2D eigenvalue weighted by Crippen LogP contribution is 2.22. The molecular formula is C13H22N4O3. The van der Waals surface area contributed by atoms with Gasteiger partial charge in [-0.05, 0) is 6.54 Å². The van der Waals surface area contributed by atoms with Gasteiger partial charge in [-0.25, -0.2) is 0 Å². The normalized spacial score (nSPS) is 18.9. The van der Waals surface area contributed by atoms with Gasteiger partial charge in [0.25, 0.3) is 0 Å². The minimum atomic E-state index is 0.209. The second-order valence-corrected chi connectivity index (χ2v) is 4.48. The van der Waals surface area contributed by atoms with Gasteiger partial charge in [0.2, 0.25) is 17.7 Å². The lowest BCUT2D eigenvalue weighted by molar-refractivity contribution is 0.0929. The largest absolute Gasteiger partial charge is 0.481 e. The van der Waals surface area contributed by atoms with Crippen LogP contribution in [0.1, 0.15) is 6.92 Å². The summed E-state index contributed by atoms with van der Waals surface area (Å²) >= 11 is 0. The Labute approximate surface area is 119 Å². The van der Waals surface area contributed by atoms with Crippen molar-refractivity contribution < 1.29 is 14.2 Å². The van der Waals surface area contributed by atoms with E-state index in [1.807, 2.05) is 0 Å². The Morgan fingerprint density at radius 3 is 2.65 bits per heavy atom. The number of hydrogen-bond acceptors (Lipinski definition) is 7. The van der Waals surface area contributed by atoms with E-state index in [4.69, 9.17) is 14.2 Å². The number of hydrogen-bond donors (Lipinski definition) is 1. The molecule has 0 radical (unpaired) electrons. The first kappa shape index (κ1) is 14.8. The highest BCUT2D eigenvalue weighted by Gasteiger charge is 2.25. The van der Waals surface area contributed by atoms with E-state index in [0.29, 0.717) is 30.9 Å². The van der Waals surface area contributed by atoms with E-state index in [9.17, 15) is 0 Å². The van der Waals surface area contributed by atoms with Crippen molar-refractivity contribution in [2.45, 2.75) is 13.0 Å². The lowest BCUT2D eigenvalue weighted by Crippen LogP contribution is -2.51. The maximum absolute atomic E-state index is 5.54. The molecule has 1 atom stereocenters. The van der Waals surface area contributed by atoms with Gasteiger partial charge in [-0.15, -0.1) is 0 Å². The summed E-state index contributed by atoms with van der Waals surface area (Å²) in [6.45, 7) is 5.93. The van der Waals surface area contributed by atoms with E-state index < -0.39 is 0 Å². The molecule has 1 aliphatic heterocycles. The molecule has 0 spiro atoms. The van der Waals surface area contributed by atoms with Crippen LogP contribution in [0.2, 0.25) is 0 Å². The summed E-state index contributed by atoms with van der Waals surface area (Å²) in [6, 6.07) is 1.88. The Kier molecular flexibility index (Phi) is 5.37. The Hall–Kier alpha value is -1.60. The van der Waals surface area contributed by atoms with Crippen molar-refractivity contribution in [3.05, 3.63) is 6.07 Å². The van der Waals surface area contributed by atoms with Crippen LogP contribution in [-0.2, 0) is 4.74 Å². The minimum Gasteiger partial charge on any atom is -0.481 e. The van der Waals surface area contributed by atoms with Crippen molar-refractivity contribution in [1.29, 1.82) is 0 Å². The van der Waals surface area contributed by atoms with Gasteiger partial charge in [-0.1, -0.05) is 6.92 Å². The SMILES string of the molecule is CCNCC1COCCN1c1nc(OC)cc(OC)n1. The Balaban J connectivity index is 2.21. The monoisotopic (exact) mass is 282 g/mol. The summed E-state index contributed by atoms with van der Waals surface area (Å²) in [5.41, 5.74) is 0. The molecule has 2 rings (SSSR count). The number of aromatic nitrogens is 2. The molecule has 0 bridgehead atoms. The summed E-state index contributed by atoms with van der Waals surface area (Å²) in [7, 11) is 3.17. The van der Waals surface area contributed by atoms with Crippen LogP contribution in [0.25, 0.3) is 0 Å². The predicted octanol–water partition coefficient (Wildman–Crippen LogP) is 0.309. The fourth-order valence-electron chi connectivity index (χ4n) is 2.13. The molecule has 20 heavy (non-hydrogen) atoms. The van der Waals surface area contributed by atoms with Gasteiger partial charge in [0.1, 0.15) is 0 Å². The standard InChI is InChI=1S/C13H22N4O3/c1-4-14-8-10-9-20-6-5-17(10)13-15-11(18-2)7-12(16-13)19-3/h7,10,14H,4-6,8-9H2,1-3H3. The molecule has 7 heteroatoms. The second-order valence-electron chi connectivity index (χ2n) is 4.48. The van der Waals surface area contributed by atoms with Crippen molar-refractivity contribution in [3.8, 4) is 11.8 Å². The summed E-state index contributed by atoms with van der Waals surface area (Å²) < 4.78 is 15.9. The van der Waals surface area contributed by atoms with Gasteiger partial charge in [-0.2, -0.15) is 9.97 Å². The average molecular weight is 282 g/mol. The number of likely N-dealkylation sites (N-methyl/N-ethyl adjacent to an activating group) is 1. The molecule has 1 unspecified atom stereocenters. The summed E-state index contributed by atoms with van der Waals surface area (Å²) in [5, 5.41) is 3.34. The van der Waals surface area contributed by atoms with Gasteiger partial charge in [0.05, 0.1) is 39.5 Å². The molecular weight excluding hydrogens is 260 g/mol. The molecule has 1 aromatic rings. The van der Waals surface area contributed by atoms with Crippen LogP contribution in [0.3, 0.4) is 0 Å². The fourth-order valence-corrected chi connectivity index (χ4v) is 2.13. The first-order valence-electron chi connectivity index (χ1n) is 6.80.